The quantitative estimate of drug-likeness (QED) is 0.267. The monoisotopic (exact) mass is 211 g/mol. The van der Waals surface area contributed by atoms with E-state index >= 15 is 0 Å². The fourth-order valence-electron chi connectivity index (χ4n) is 0.623. The molecule has 12 heavy (non-hydrogen) atoms. The Labute approximate surface area is 81.5 Å². The average Bonchev–Trinajstić information content (AvgIpc) is 1.97. The van der Waals surface area contributed by atoms with E-state index in [2.05, 4.69) is 6.92 Å². The van der Waals surface area contributed by atoms with E-state index < -0.39 is 28.8 Å². The first-order chi connectivity index (χ1) is 5.04. The van der Waals surface area contributed by atoms with Crippen molar-refractivity contribution in [3.05, 3.63) is 41.8 Å². The van der Waals surface area contributed by atoms with Crippen LogP contribution in [0.5, 0.6) is 0 Å². The van der Waals surface area contributed by atoms with Gasteiger partial charge in [-0.15, -0.1) is 5.56 Å². The van der Waals surface area contributed by atoms with E-state index in [1.54, 1.807) is 0 Å². The van der Waals surface area contributed by atoms with E-state index in [0.29, 0.717) is 0 Å². The van der Waals surface area contributed by atoms with Crippen LogP contribution in [0.2, 0.25) is 0 Å². The summed E-state index contributed by atoms with van der Waals surface area (Å²) < 4.78 is 49.1. The van der Waals surface area contributed by atoms with Gasteiger partial charge >= 0.3 is 0 Å². The normalized spacial score (nSPS) is 9.33. The molecule has 1 aromatic carbocycles. The maximum absolute atomic E-state index is 12.3. The van der Waals surface area contributed by atoms with Crippen molar-refractivity contribution < 1.29 is 39.3 Å². The topological polar surface area (TPSA) is 0 Å². The minimum atomic E-state index is -1.45. The van der Waals surface area contributed by atoms with E-state index in [4.69, 9.17) is 0 Å². The second kappa shape index (κ2) is 3.96. The van der Waals surface area contributed by atoms with Crippen LogP contribution in [0.25, 0.3) is 0 Å². The average molecular weight is 211 g/mol. The van der Waals surface area contributed by atoms with E-state index in [-0.39, 0.29) is 27.8 Å². The predicted octanol–water partition coefficient (Wildman–Crippen LogP) is 2.42. The van der Waals surface area contributed by atoms with Crippen molar-refractivity contribution >= 4 is 0 Å². The molecule has 5 heteroatoms. The zero-order valence-corrected chi connectivity index (χ0v) is 7.36. The van der Waals surface area contributed by atoms with Crippen LogP contribution < -0.4 is 0 Å². The van der Waals surface area contributed by atoms with Gasteiger partial charge in [-0.25, -0.2) is 8.78 Å². The summed E-state index contributed by atoms with van der Waals surface area (Å²) in [5, 5.41) is 0. The Morgan fingerprint density at radius 3 is 1.58 bits per heavy atom. The van der Waals surface area contributed by atoms with Gasteiger partial charge in [0.1, 0.15) is 11.6 Å². The van der Waals surface area contributed by atoms with Gasteiger partial charge in [-0.1, -0.05) is 0 Å². The van der Waals surface area contributed by atoms with Crippen LogP contribution >= 0.6 is 0 Å². The van der Waals surface area contributed by atoms with Crippen molar-refractivity contribution in [3.63, 3.8) is 0 Å². The molecular weight excluding hydrogens is 208 g/mol. The summed E-state index contributed by atoms with van der Waals surface area (Å²) in [5.41, 5.74) is -0.887. The number of halogens is 4. The third-order valence-electron chi connectivity index (χ3n) is 1.20. The van der Waals surface area contributed by atoms with Gasteiger partial charge in [-0.3, -0.25) is 8.78 Å². The molecule has 0 spiro atoms. The van der Waals surface area contributed by atoms with Crippen LogP contribution in [-0.4, -0.2) is 0 Å². The zero-order chi connectivity index (χ0) is 8.59. The van der Waals surface area contributed by atoms with Crippen molar-refractivity contribution in [1.82, 2.24) is 0 Å². The first-order valence-corrected chi connectivity index (χ1v) is 2.69. The first-order valence-electron chi connectivity index (χ1n) is 2.69. The molecule has 0 saturated heterocycles. The second-order valence-electron chi connectivity index (χ2n) is 1.95. The van der Waals surface area contributed by atoms with Crippen LogP contribution in [0.3, 0.4) is 0 Å². The molecule has 0 nitrogen and oxygen atoms in total. The Morgan fingerprint density at radius 1 is 0.917 bits per heavy atom. The molecule has 0 bridgehead atoms. The van der Waals surface area contributed by atoms with Crippen molar-refractivity contribution in [2.45, 2.75) is 0 Å². The fourth-order valence-corrected chi connectivity index (χ4v) is 0.623. The van der Waals surface area contributed by atoms with Gasteiger partial charge in [0.15, 0.2) is 0 Å². The molecule has 0 amide bonds. The first kappa shape index (κ1) is 11.5. The Balaban J connectivity index is 0.00000121. The molecule has 0 N–H and O–H groups in total. The van der Waals surface area contributed by atoms with Gasteiger partial charge in [-0.05, 0) is 6.07 Å². The summed E-state index contributed by atoms with van der Waals surface area (Å²) in [6.45, 7) is 2.81. The second-order valence-corrected chi connectivity index (χ2v) is 1.95. The largest absolute Gasteiger partial charge is 0.281 e. The summed E-state index contributed by atoms with van der Waals surface area (Å²) in [4.78, 5) is 0. The number of hydrogen-bond donors (Lipinski definition) is 0. The maximum Gasteiger partial charge on any atom is 0.105 e. The van der Waals surface area contributed by atoms with Gasteiger partial charge < -0.3 is 0 Å². The number of rotatable bonds is 0. The molecule has 0 aliphatic carbocycles. The smallest absolute Gasteiger partial charge is 0.105 e. The van der Waals surface area contributed by atoms with E-state index in [9.17, 15) is 17.6 Å². The molecule has 0 fully saturated rings. The van der Waals surface area contributed by atoms with E-state index in [1.807, 2.05) is 0 Å². The molecule has 0 radical (unpaired) electrons. The van der Waals surface area contributed by atoms with Crippen molar-refractivity contribution in [2.24, 2.45) is 0 Å². The molecule has 0 aliphatic rings. The predicted molar refractivity (Wildman–Crippen MR) is 30.7 cm³/mol. The van der Waals surface area contributed by atoms with Gasteiger partial charge in [0, 0.05) is 21.7 Å². The maximum atomic E-state index is 12.3. The molecule has 0 atom stereocenters. The molecule has 0 unspecified atom stereocenters. The Kier molecular flexibility index (Phi) is 3.80. The minimum absolute atomic E-state index is 0. The van der Waals surface area contributed by atoms with Crippen LogP contribution in [0.4, 0.5) is 17.6 Å². The molecule has 1 aromatic rings. The number of benzene rings is 1. The molecule has 0 aromatic heterocycles. The van der Waals surface area contributed by atoms with Crippen LogP contribution in [0.1, 0.15) is 5.56 Å². The molecule has 0 saturated carbocycles. The molecule has 64 valence electrons. The Hall–Kier alpha value is -0.476. The van der Waals surface area contributed by atoms with Gasteiger partial charge in [0.25, 0.3) is 0 Å². The van der Waals surface area contributed by atoms with Gasteiger partial charge in [-0.2, -0.15) is 6.92 Å². The SMILES string of the molecule is [CH2-]c1c(F)c(F)cc(F)c1F.[Ti]. The third-order valence-corrected chi connectivity index (χ3v) is 1.20. The minimum Gasteiger partial charge on any atom is -0.281 e. The summed E-state index contributed by atoms with van der Waals surface area (Å²) >= 11 is 0. The van der Waals surface area contributed by atoms with Gasteiger partial charge in [0.2, 0.25) is 0 Å². The van der Waals surface area contributed by atoms with E-state index in [0.717, 1.165) is 0 Å². The van der Waals surface area contributed by atoms with Crippen molar-refractivity contribution in [3.8, 4) is 0 Å². The van der Waals surface area contributed by atoms with Crippen LogP contribution in [0.15, 0.2) is 6.07 Å². The molecule has 0 aliphatic heterocycles. The van der Waals surface area contributed by atoms with Crippen molar-refractivity contribution in [2.75, 3.05) is 0 Å². The summed E-state index contributed by atoms with van der Waals surface area (Å²) in [6.07, 6.45) is 0. The summed E-state index contributed by atoms with van der Waals surface area (Å²) in [5.74, 6) is -5.78. The number of hydrogen-bond acceptors (Lipinski definition) is 0. The molecular formula is C7H3F4Ti-. The summed E-state index contributed by atoms with van der Waals surface area (Å²) in [6, 6.07) is 0.138. The van der Waals surface area contributed by atoms with E-state index in [1.165, 1.54) is 0 Å². The standard InChI is InChI=1S/C7H3F4.Ti/c1-3-6(10)4(8)2-5(9)7(3)11;/h2H,1H2;/q-1;. The van der Waals surface area contributed by atoms with Crippen LogP contribution in [0, 0.1) is 30.2 Å². The Bertz CT molecular complexity index is 272. The summed E-state index contributed by atoms with van der Waals surface area (Å²) in [7, 11) is 0. The zero-order valence-electron chi connectivity index (χ0n) is 5.80. The fraction of sp³-hybridized carbons (Fsp3) is 0. The molecule has 0 heterocycles. The van der Waals surface area contributed by atoms with Crippen molar-refractivity contribution in [1.29, 1.82) is 0 Å². The third kappa shape index (κ3) is 1.82. The molecule has 1 rings (SSSR count). The van der Waals surface area contributed by atoms with Gasteiger partial charge in [0.05, 0.1) is 11.6 Å². The van der Waals surface area contributed by atoms with Crippen LogP contribution in [-0.2, 0) is 21.7 Å². The Morgan fingerprint density at radius 2 is 1.25 bits per heavy atom.